The maximum absolute atomic E-state index is 7.11. The van der Waals surface area contributed by atoms with Crippen molar-refractivity contribution in [2.75, 3.05) is 0 Å². The zero-order chi connectivity index (χ0) is 20.6. The molecule has 0 heterocycles. The summed E-state index contributed by atoms with van der Waals surface area (Å²) >= 11 is -3.77. The van der Waals surface area contributed by atoms with Gasteiger partial charge in [0.05, 0.1) is 0 Å². The first-order valence-electron chi connectivity index (χ1n) is 9.98. The number of benzene rings is 4. The van der Waals surface area contributed by atoms with Crippen LogP contribution in [0, 0.1) is 0 Å². The molecule has 0 amide bonds. The fourth-order valence-electron chi connectivity index (χ4n) is 4.24. The molecular weight excluding hydrogens is 447 g/mol. The molecule has 0 bridgehead atoms. The number of allylic oxidation sites excluding steroid dienone is 1. The van der Waals surface area contributed by atoms with Crippen molar-refractivity contribution in [3.05, 3.63) is 119 Å². The average molecular weight is 467 g/mol. The topological polar surface area (TPSA) is 9.23 Å². The van der Waals surface area contributed by atoms with E-state index in [0.29, 0.717) is 6.61 Å². The summed E-state index contributed by atoms with van der Waals surface area (Å²) in [5.74, 6) is 0. The van der Waals surface area contributed by atoms with Crippen LogP contribution in [0.4, 0.5) is 0 Å². The average Bonchev–Trinajstić information content (AvgIpc) is 3.19. The normalized spacial score (nSPS) is 15.8. The summed E-state index contributed by atoms with van der Waals surface area (Å²) in [5, 5.41) is 2.37. The van der Waals surface area contributed by atoms with E-state index in [1.807, 2.05) is 36.4 Å². The Hall–Kier alpha value is -1.87. The van der Waals surface area contributed by atoms with Crippen molar-refractivity contribution in [2.45, 2.75) is 10.8 Å². The first kappa shape index (κ1) is 20.1. The fraction of sp³-hybridized carbons (Fsp3) is 0.0769. The molecule has 30 heavy (non-hydrogen) atoms. The van der Waals surface area contributed by atoms with Crippen molar-refractivity contribution in [3.63, 3.8) is 0 Å². The monoisotopic (exact) mass is 466 g/mol. The molecule has 1 unspecified atom stereocenters. The van der Waals surface area contributed by atoms with E-state index < -0.39 is 14.9 Å². The van der Waals surface area contributed by atoms with E-state index in [4.69, 9.17) is 21.9 Å². The predicted octanol–water partition coefficient (Wildman–Crippen LogP) is 8.03. The number of fused-ring (bicyclic) bond motifs is 2. The van der Waals surface area contributed by atoms with Crippen LogP contribution in [0.5, 0.6) is 0 Å². The van der Waals surface area contributed by atoms with E-state index in [1.54, 1.807) is 0 Å². The van der Waals surface area contributed by atoms with E-state index in [1.165, 1.54) is 21.9 Å². The SMILES string of the molecule is [Cl][Ti]([Cl])([O]Cc1cccc2ccccc12)[CH]1C(c2ccccc2)=Cc2ccccc21. The second-order valence-corrected chi connectivity index (χ2v) is 16.1. The molecule has 0 saturated carbocycles. The van der Waals surface area contributed by atoms with Crippen molar-refractivity contribution < 1.29 is 18.2 Å². The van der Waals surface area contributed by atoms with Gasteiger partial charge in [0.2, 0.25) is 0 Å². The Morgan fingerprint density at radius 2 is 1.43 bits per heavy atom. The first-order valence-corrected chi connectivity index (χ1v) is 15.8. The van der Waals surface area contributed by atoms with Gasteiger partial charge >= 0.3 is 189 Å². The van der Waals surface area contributed by atoms with Gasteiger partial charge in [0, 0.05) is 0 Å². The van der Waals surface area contributed by atoms with Gasteiger partial charge in [-0.25, -0.2) is 0 Å². The minimum absolute atomic E-state index is 0.0955. The third kappa shape index (κ3) is 3.77. The van der Waals surface area contributed by atoms with Crippen molar-refractivity contribution in [1.82, 2.24) is 0 Å². The molecule has 1 aliphatic carbocycles. The summed E-state index contributed by atoms with van der Waals surface area (Å²) in [7, 11) is 14.2. The molecule has 4 aromatic carbocycles. The van der Waals surface area contributed by atoms with E-state index in [9.17, 15) is 0 Å². The molecule has 4 heteroatoms. The van der Waals surface area contributed by atoms with Crippen LogP contribution < -0.4 is 0 Å². The van der Waals surface area contributed by atoms with Crippen molar-refractivity contribution in [1.29, 1.82) is 0 Å². The van der Waals surface area contributed by atoms with Gasteiger partial charge in [-0.3, -0.25) is 0 Å². The van der Waals surface area contributed by atoms with Crippen LogP contribution in [0.25, 0.3) is 22.4 Å². The quantitative estimate of drug-likeness (QED) is 0.270. The molecule has 0 saturated heterocycles. The minimum atomic E-state index is -3.77. The second kappa shape index (κ2) is 8.34. The van der Waals surface area contributed by atoms with Crippen LogP contribution in [-0.4, -0.2) is 0 Å². The molecule has 0 radical (unpaired) electrons. The molecular formula is C26H20Cl2OTi. The Kier molecular flexibility index (Phi) is 5.58. The molecule has 1 aliphatic rings. The van der Waals surface area contributed by atoms with Gasteiger partial charge in [0.15, 0.2) is 0 Å². The van der Waals surface area contributed by atoms with Crippen molar-refractivity contribution in [2.24, 2.45) is 0 Å². The van der Waals surface area contributed by atoms with Crippen LogP contribution in [0.2, 0.25) is 0 Å². The van der Waals surface area contributed by atoms with Gasteiger partial charge in [-0.05, 0) is 0 Å². The maximum atomic E-state index is 7.11. The molecule has 1 atom stereocenters. The summed E-state index contributed by atoms with van der Waals surface area (Å²) in [6.07, 6.45) is 2.21. The molecule has 4 aromatic rings. The Labute approximate surface area is 188 Å². The molecule has 0 aliphatic heterocycles. The number of rotatable bonds is 5. The second-order valence-electron chi connectivity index (χ2n) is 7.52. The van der Waals surface area contributed by atoms with Crippen LogP contribution in [0.1, 0.15) is 26.5 Å². The molecule has 0 aromatic heterocycles. The summed E-state index contributed by atoms with van der Waals surface area (Å²) < 4.78 is 6.30. The van der Waals surface area contributed by atoms with Crippen molar-refractivity contribution >= 4 is 41.0 Å². The Morgan fingerprint density at radius 1 is 0.733 bits per heavy atom. The number of halogens is 2. The summed E-state index contributed by atoms with van der Waals surface area (Å²) in [5.41, 5.74) is 5.75. The van der Waals surface area contributed by atoms with Gasteiger partial charge in [0.25, 0.3) is 0 Å². The van der Waals surface area contributed by atoms with Gasteiger partial charge in [0.1, 0.15) is 0 Å². The molecule has 0 fully saturated rings. The number of hydrogen-bond acceptors (Lipinski definition) is 1. The van der Waals surface area contributed by atoms with Crippen LogP contribution in [0.3, 0.4) is 0 Å². The van der Waals surface area contributed by atoms with Gasteiger partial charge in [-0.15, -0.1) is 0 Å². The third-order valence-electron chi connectivity index (χ3n) is 5.67. The Balaban J connectivity index is 1.49. The third-order valence-corrected chi connectivity index (χ3v) is 11.2. The van der Waals surface area contributed by atoms with Crippen molar-refractivity contribution in [3.8, 4) is 0 Å². The van der Waals surface area contributed by atoms with Crippen LogP contribution in [-0.2, 0) is 24.8 Å². The van der Waals surface area contributed by atoms with Gasteiger partial charge in [-0.1, -0.05) is 0 Å². The molecule has 148 valence electrons. The van der Waals surface area contributed by atoms with E-state index in [0.717, 1.165) is 16.7 Å². The Morgan fingerprint density at radius 3 is 2.30 bits per heavy atom. The summed E-state index contributed by atoms with van der Waals surface area (Å²) in [4.78, 5) is 0. The fourth-order valence-corrected chi connectivity index (χ4v) is 9.37. The summed E-state index contributed by atoms with van der Waals surface area (Å²) in [6, 6.07) is 33.2. The molecule has 0 N–H and O–H groups in total. The van der Waals surface area contributed by atoms with E-state index in [-0.39, 0.29) is 4.22 Å². The van der Waals surface area contributed by atoms with E-state index in [2.05, 4.69) is 66.7 Å². The zero-order valence-corrected chi connectivity index (χ0v) is 19.3. The van der Waals surface area contributed by atoms with Gasteiger partial charge in [-0.2, -0.15) is 0 Å². The Bertz CT molecular complexity index is 1230. The van der Waals surface area contributed by atoms with Gasteiger partial charge < -0.3 is 0 Å². The van der Waals surface area contributed by atoms with Crippen LogP contribution >= 0.6 is 18.6 Å². The van der Waals surface area contributed by atoms with Crippen LogP contribution in [0.15, 0.2) is 97.1 Å². The zero-order valence-electron chi connectivity index (χ0n) is 16.3. The van der Waals surface area contributed by atoms with E-state index >= 15 is 0 Å². The molecule has 1 nitrogen and oxygen atoms in total. The summed E-state index contributed by atoms with van der Waals surface area (Å²) in [6.45, 7) is 0.412. The molecule has 5 rings (SSSR count). The predicted molar refractivity (Wildman–Crippen MR) is 124 cm³/mol. The first-order chi connectivity index (χ1) is 14.6. The number of hydrogen-bond donors (Lipinski definition) is 0. The molecule has 0 spiro atoms. The standard InChI is InChI=1S/C15H11.C11H9O.2ClH.Ti/c1-2-6-12(7-3-1)15-10-13-8-4-5-9-14(13)11-15;12-8-10-6-3-5-9-4-1-2-7-11(9)10;;;/h1-11H;1-7H,8H2;2*1H;/q;-1;;;+3/p-2.